The molecule has 0 fully saturated rings. The minimum atomic E-state index is -0.933. The Morgan fingerprint density at radius 2 is 2.00 bits per heavy atom. The predicted molar refractivity (Wildman–Crippen MR) is 93.2 cm³/mol. The maximum Gasteiger partial charge on any atom is 0.336 e. The molecule has 1 aromatic heterocycles. The Morgan fingerprint density at radius 3 is 2.71 bits per heavy atom. The summed E-state index contributed by atoms with van der Waals surface area (Å²) >= 11 is 0. The number of hydrogen-bond acceptors (Lipinski definition) is 5. The molecule has 2 N–H and O–H groups in total. The Morgan fingerprint density at radius 1 is 1.29 bits per heavy atom. The second-order valence-corrected chi connectivity index (χ2v) is 5.88. The van der Waals surface area contributed by atoms with Crippen molar-refractivity contribution in [2.75, 3.05) is 6.61 Å². The maximum atomic E-state index is 11.2. The monoisotopic (exact) mass is 330 g/mol. The van der Waals surface area contributed by atoms with Gasteiger partial charge in [-0.25, -0.2) is 4.79 Å². The molecule has 2 rings (SSSR count). The lowest BCUT2D eigenvalue weighted by molar-refractivity contribution is 0.0427. The van der Waals surface area contributed by atoms with Gasteiger partial charge in [-0.3, -0.25) is 0 Å². The second-order valence-electron chi connectivity index (χ2n) is 5.88. The number of ether oxygens (including phenoxy) is 1. The van der Waals surface area contributed by atoms with Crippen LogP contribution in [-0.2, 0) is 0 Å². The normalized spacial score (nSPS) is 14.4. The molecule has 2 atom stereocenters. The number of rotatable bonds is 7. The van der Waals surface area contributed by atoms with E-state index in [4.69, 9.17) is 9.15 Å². The fraction of sp³-hybridized carbons (Fsp3) is 0.316. The van der Waals surface area contributed by atoms with Crippen LogP contribution in [0.4, 0.5) is 0 Å². The van der Waals surface area contributed by atoms with Crippen molar-refractivity contribution < 1.29 is 19.4 Å². The minimum Gasteiger partial charge on any atom is -0.489 e. The van der Waals surface area contributed by atoms with Crippen LogP contribution in [0.15, 0.2) is 63.3 Å². The lowest BCUT2D eigenvalue weighted by Crippen LogP contribution is -2.26. The van der Waals surface area contributed by atoms with Crippen molar-refractivity contribution in [3.05, 3.63) is 64.6 Å². The molecule has 0 saturated heterocycles. The van der Waals surface area contributed by atoms with Gasteiger partial charge < -0.3 is 19.4 Å². The van der Waals surface area contributed by atoms with Crippen molar-refractivity contribution in [1.29, 1.82) is 0 Å². The van der Waals surface area contributed by atoms with Gasteiger partial charge in [0.05, 0.1) is 6.10 Å². The lowest BCUT2D eigenvalue weighted by Gasteiger charge is -2.18. The van der Waals surface area contributed by atoms with Gasteiger partial charge in [0.2, 0.25) is 0 Å². The molecule has 5 nitrogen and oxygen atoms in total. The smallest absolute Gasteiger partial charge is 0.336 e. The molecule has 5 heteroatoms. The number of fused-ring (bicyclic) bond motifs is 1. The Balaban J connectivity index is 1.95. The van der Waals surface area contributed by atoms with Gasteiger partial charge in [0.15, 0.2) is 0 Å². The van der Waals surface area contributed by atoms with E-state index in [1.165, 1.54) is 6.07 Å². The second kappa shape index (κ2) is 7.95. The lowest BCUT2D eigenvalue weighted by atomic mass is 10.0. The molecule has 1 heterocycles. The highest BCUT2D eigenvalue weighted by Gasteiger charge is 2.16. The summed E-state index contributed by atoms with van der Waals surface area (Å²) in [5.74, 6) is 0.586. The van der Waals surface area contributed by atoms with Crippen molar-refractivity contribution in [2.24, 2.45) is 0 Å². The minimum absolute atomic E-state index is 0.310. The van der Waals surface area contributed by atoms with Crippen LogP contribution in [0.1, 0.15) is 20.3 Å². The van der Waals surface area contributed by atoms with Crippen LogP contribution in [0.5, 0.6) is 5.75 Å². The first kappa shape index (κ1) is 18.0. The highest BCUT2D eigenvalue weighted by molar-refractivity contribution is 5.77. The van der Waals surface area contributed by atoms with E-state index in [2.05, 4.69) is 6.58 Å². The molecular weight excluding hydrogens is 308 g/mol. The molecule has 1 aromatic carbocycles. The fourth-order valence-electron chi connectivity index (χ4n) is 2.26. The van der Waals surface area contributed by atoms with E-state index in [9.17, 15) is 15.0 Å². The first-order valence-corrected chi connectivity index (χ1v) is 7.70. The Hall–Kier alpha value is -2.37. The molecule has 0 aliphatic rings. The van der Waals surface area contributed by atoms with Gasteiger partial charge in [-0.15, -0.1) is 0 Å². The zero-order chi connectivity index (χ0) is 17.7. The zero-order valence-corrected chi connectivity index (χ0v) is 13.9. The topological polar surface area (TPSA) is 79.9 Å². The van der Waals surface area contributed by atoms with Crippen molar-refractivity contribution in [1.82, 2.24) is 0 Å². The van der Waals surface area contributed by atoms with Crippen molar-refractivity contribution in [3.63, 3.8) is 0 Å². The predicted octanol–water partition coefficient (Wildman–Crippen LogP) is 2.81. The summed E-state index contributed by atoms with van der Waals surface area (Å²) in [4.78, 5) is 11.2. The summed E-state index contributed by atoms with van der Waals surface area (Å²) in [6.07, 6.45) is 0.357. The number of aliphatic hydroxyl groups excluding tert-OH is 2. The van der Waals surface area contributed by atoms with Gasteiger partial charge in [-0.05, 0) is 50.1 Å². The molecule has 0 radical (unpaired) electrons. The van der Waals surface area contributed by atoms with Gasteiger partial charge in [-0.1, -0.05) is 12.2 Å². The highest BCUT2D eigenvalue weighted by atomic mass is 16.5. The number of aliphatic hydroxyl groups is 2. The van der Waals surface area contributed by atoms with Crippen LogP contribution in [0.2, 0.25) is 0 Å². The van der Waals surface area contributed by atoms with Gasteiger partial charge >= 0.3 is 5.63 Å². The van der Waals surface area contributed by atoms with Crippen LogP contribution in [-0.4, -0.2) is 29.0 Å². The molecule has 0 spiro atoms. The molecular formula is C19H22O5. The third-order valence-corrected chi connectivity index (χ3v) is 3.68. The van der Waals surface area contributed by atoms with E-state index in [-0.39, 0.29) is 0 Å². The first-order chi connectivity index (χ1) is 11.4. The van der Waals surface area contributed by atoms with E-state index in [1.807, 2.05) is 19.1 Å². The van der Waals surface area contributed by atoms with Crippen LogP contribution >= 0.6 is 0 Å². The zero-order valence-electron chi connectivity index (χ0n) is 13.9. The molecule has 0 saturated carbocycles. The molecule has 0 aliphatic carbocycles. The summed E-state index contributed by atoms with van der Waals surface area (Å²) < 4.78 is 10.7. The molecule has 24 heavy (non-hydrogen) atoms. The fourth-order valence-corrected chi connectivity index (χ4v) is 2.26. The van der Waals surface area contributed by atoms with E-state index in [1.54, 1.807) is 25.1 Å². The third-order valence-electron chi connectivity index (χ3n) is 3.68. The Kier molecular flexibility index (Phi) is 5.95. The van der Waals surface area contributed by atoms with Crippen molar-refractivity contribution in [3.8, 4) is 5.75 Å². The quantitative estimate of drug-likeness (QED) is 0.603. The van der Waals surface area contributed by atoms with Crippen LogP contribution in [0, 0.1) is 0 Å². The van der Waals surface area contributed by atoms with E-state index >= 15 is 0 Å². The van der Waals surface area contributed by atoms with Crippen molar-refractivity contribution in [2.45, 2.75) is 32.5 Å². The third kappa shape index (κ3) is 4.81. The van der Waals surface area contributed by atoms with Crippen LogP contribution < -0.4 is 10.4 Å². The summed E-state index contributed by atoms with van der Waals surface area (Å²) in [7, 11) is 0. The SMILES string of the molecule is C=C(C)[C@H](O)[C@H](O)CC(C)=CCOc1ccc2ccc(=O)oc2c1. The maximum absolute atomic E-state index is 11.2. The number of hydrogen-bond donors (Lipinski definition) is 2. The summed E-state index contributed by atoms with van der Waals surface area (Å²) in [6.45, 7) is 7.47. The summed E-state index contributed by atoms with van der Waals surface area (Å²) in [6, 6.07) is 8.35. The van der Waals surface area contributed by atoms with Gasteiger partial charge in [-0.2, -0.15) is 0 Å². The average molecular weight is 330 g/mol. The first-order valence-electron chi connectivity index (χ1n) is 7.70. The standard InChI is InChI=1S/C19H22O5/c1-12(2)19(22)16(20)10-13(3)8-9-23-15-6-4-14-5-7-18(21)24-17(14)11-15/h4-8,11,16,19-20,22H,1,9-10H2,2-3H3/t16-,19+/m1/s1. The molecule has 0 amide bonds. The van der Waals surface area contributed by atoms with E-state index in [0.717, 1.165) is 11.0 Å². The van der Waals surface area contributed by atoms with Crippen LogP contribution in [0.25, 0.3) is 11.0 Å². The largest absolute Gasteiger partial charge is 0.489 e. The summed E-state index contributed by atoms with van der Waals surface area (Å²) in [5.41, 5.74) is 1.50. The highest BCUT2D eigenvalue weighted by Crippen LogP contribution is 2.19. The molecule has 0 aliphatic heterocycles. The molecule has 128 valence electrons. The molecule has 0 unspecified atom stereocenters. The molecule has 0 bridgehead atoms. The Bertz CT molecular complexity index is 803. The van der Waals surface area contributed by atoms with E-state index < -0.39 is 17.8 Å². The van der Waals surface area contributed by atoms with Crippen molar-refractivity contribution >= 4 is 11.0 Å². The average Bonchev–Trinajstić information content (AvgIpc) is 2.53. The van der Waals surface area contributed by atoms with Crippen LogP contribution in [0.3, 0.4) is 0 Å². The van der Waals surface area contributed by atoms with Gasteiger partial charge in [0.25, 0.3) is 0 Å². The number of benzene rings is 1. The Labute approximate surface area is 140 Å². The van der Waals surface area contributed by atoms with Gasteiger partial charge in [0, 0.05) is 17.5 Å². The summed E-state index contributed by atoms with van der Waals surface area (Å²) in [5, 5.41) is 20.4. The molecule has 2 aromatic rings. The van der Waals surface area contributed by atoms with Gasteiger partial charge in [0.1, 0.15) is 24.0 Å². The van der Waals surface area contributed by atoms with E-state index in [0.29, 0.717) is 29.9 Å².